The first-order chi connectivity index (χ1) is 11.4. The van der Waals surface area contributed by atoms with Crippen molar-refractivity contribution in [2.24, 2.45) is 0 Å². The lowest BCUT2D eigenvalue weighted by Crippen LogP contribution is -2.39. The quantitative estimate of drug-likeness (QED) is 0.803. The fourth-order valence-electron chi connectivity index (χ4n) is 3.71. The van der Waals surface area contributed by atoms with Crippen LogP contribution in [0.1, 0.15) is 64.0 Å². The highest BCUT2D eigenvalue weighted by Gasteiger charge is 2.38. The summed E-state index contributed by atoms with van der Waals surface area (Å²) in [7, 11) is 0. The average Bonchev–Trinajstić information content (AvgIpc) is 2.90. The first-order valence-electron chi connectivity index (χ1n) is 8.84. The Morgan fingerprint density at radius 3 is 2.38 bits per heavy atom. The highest BCUT2D eigenvalue weighted by atomic mass is 19.1. The highest BCUT2D eigenvalue weighted by Crippen LogP contribution is 2.34. The van der Waals surface area contributed by atoms with Crippen molar-refractivity contribution >= 4 is 5.91 Å². The smallest absolute Gasteiger partial charge is 0.226 e. The number of aliphatic hydroxyl groups is 2. The predicted molar refractivity (Wildman–Crippen MR) is 90.9 cm³/mol. The van der Waals surface area contributed by atoms with Gasteiger partial charge in [-0.1, -0.05) is 38.8 Å². The van der Waals surface area contributed by atoms with Gasteiger partial charge < -0.3 is 15.1 Å². The van der Waals surface area contributed by atoms with Crippen molar-refractivity contribution in [2.45, 2.75) is 70.1 Å². The molecule has 1 saturated heterocycles. The third-order valence-electron chi connectivity index (χ3n) is 4.77. The number of hydrogen-bond donors (Lipinski definition) is 2. The van der Waals surface area contributed by atoms with Gasteiger partial charge in [-0.15, -0.1) is 0 Å². The van der Waals surface area contributed by atoms with Crippen molar-refractivity contribution in [3.05, 3.63) is 35.6 Å². The summed E-state index contributed by atoms with van der Waals surface area (Å²) in [4.78, 5) is 14.4. The molecule has 0 unspecified atom stereocenters. The lowest BCUT2D eigenvalue weighted by atomic mass is 9.88. The average molecular weight is 337 g/mol. The summed E-state index contributed by atoms with van der Waals surface area (Å²) in [6.07, 6.45) is 2.72. The highest BCUT2D eigenvalue weighted by molar-refractivity contribution is 5.78. The Morgan fingerprint density at radius 2 is 1.83 bits per heavy atom. The number of likely N-dealkylation sites (tertiary alicyclic amines) is 1. The van der Waals surface area contributed by atoms with Gasteiger partial charge in [-0.3, -0.25) is 4.79 Å². The van der Waals surface area contributed by atoms with E-state index in [2.05, 4.69) is 0 Å². The number of benzene rings is 1. The maximum Gasteiger partial charge on any atom is 0.226 e. The molecule has 1 aliphatic rings. The Balaban J connectivity index is 2.15. The Labute approximate surface area is 143 Å². The van der Waals surface area contributed by atoms with Crippen molar-refractivity contribution in [1.29, 1.82) is 0 Å². The van der Waals surface area contributed by atoms with E-state index in [-0.39, 0.29) is 30.7 Å². The zero-order valence-corrected chi connectivity index (χ0v) is 14.5. The fourth-order valence-corrected chi connectivity index (χ4v) is 3.71. The molecule has 1 amide bonds. The summed E-state index contributed by atoms with van der Waals surface area (Å²) < 4.78 is 13.1. The maximum absolute atomic E-state index is 13.1. The number of carbonyl (C=O) groups is 1. The molecule has 0 spiro atoms. The summed E-state index contributed by atoms with van der Waals surface area (Å²) in [6.45, 7) is 4.24. The monoisotopic (exact) mass is 337 g/mol. The van der Waals surface area contributed by atoms with Crippen LogP contribution in [-0.2, 0) is 4.79 Å². The third kappa shape index (κ3) is 4.54. The summed E-state index contributed by atoms with van der Waals surface area (Å²) in [5.74, 6) is -0.472. The van der Waals surface area contributed by atoms with Crippen LogP contribution < -0.4 is 0 Å². The Kier molecular flexibility index (Phi) is 6.35. The number of carbonyl (C=O) groups excluding carboxylic acids is 1. The van der Waals surface area contributed by atoms with Gasteiger partial charge in [-0.2, -0.15) is 0 Å². The van der Waals surface area contributed by atoms with Gasteiger partial charge in [-0.25, -0.2) is 4.39 Å². The van der Waals surface area contributed by atoms with Crippen molar-refractivity contribution in [1.82, 2.24) is 4.90 Å². The molecular formula is C19H28FNO3. The zero-order valence-electron chi connectivity index (χ0n) is 14.5. The van der Waals surface area contributed by atoms with Crippen LogP contribution in [0, 0.1) is 5.82 Å². The Bertz CT molecular complexity index is 540. The molecule has 1 aliphatic heterocycles. The summed E-state index contributed by atoms with van der Waals surface area (Å²) in [5.41, 5.74) is -0.169. The van der Waals surface area contributed by atoms with Crippen LogP contribution in [0.2, 0.25) is 0 Å². The number of β-amino-alcohol motifs (C(OH)–C–C–N with tert-alkyl or cyclic N) is 1. The van der Waals surface area contributed by atoms with Crippen molar-refractivity contribution in [3.63, 3.8) is 0 Å². The van der Waals surface area contributed by atoms with Crippen LogP contribution in [0.3, 0.4) is 0 Å². The SMILES string of the molecule is CCCC(O)(CCC)CC(=O)N1C[C@H](O)C[C@H]1c1ccc(F)cc1. The van der Waals surface area contributed by atoms with Crippen LogP contribution in [0.15, 0.2) is 24.3 Å². The van der Waals surface area contributed by atoms with Crippen molar-refractivity contribution in [3.8, 4) is 0 Å². The topological polar surface area (TPSA) is 60.8 Å². The van der Waals surface area contributed by atoms with Gasteiger partial charge in [-0.05, 0) is 37.0 Å². The van der Waals surface area contributed by atoms with Crippen LogP contribution in [0.4, 0.5) is 4.39 Å². The van der Waals surface area contributed by atoms with E-state index in [0.29, 0.717) is 19.3 Å². The zero-order chi connectivity index (χ0) is 17.7. The molecule has 1 heterocycles. The minimum absolute atomic E-state index is 0.0685. The molecule has 0 aromatic heterocycles. The standard InChI is InChI=1S/C19H28FNO3/c1-3-9-19(24,10-4-2)12-18(23)21-13-16(22)11-17(21)14-5-7-15(20)8-6-14/h5-8,16-17,22,24H,3-4,9-13H2,1-2H3/t16-,17+/m1/s1. The number of amides is 1. The van der Waals surface area contributed by atoms with E-state index in [1.807, 2.05) is 13.8 Å². The van der Waals surface area contributed by atoms with Crippen LogP contribution >= 0.6 is 0 Å². The Hall–Kier alpha value is -1.46. The van der Waals surface area contributed by atoms with Crippen LogP contribution in [0.5, 0.6) is 0 Å². The number of halogens is 1. The molecule has 0 bridgehead atoms. The first kappa shape index (κ1) is 18.9. The number of hydrogen-bond acceptors (Lipinski definition) is 3. The molecule has 2 rings (SSSR count). The molecule has 5 heteroatoms. The molecule has 1 aromatic rings. The van der Waals surface area contributed by atoms with Gasteiger partial charge in [0.25, 0.3) is 0 Å². The van der Waals surface area contributed by atoms with Crippen molar-refractivity contribution in [2.75, 3.05) is 6.54 Å². The lowest BCUT2D eigenvalue weighted by Gasteiger charge is -2.31. The van der Waals surface area contributed by atoms with E-state index in [0.717, 1.165) is 18.4 Å². The molecule has 1 fully saturated rings. The van der Waals surface area contributed by atoms with E-state index in [9.17, 15) is 19.4 Å². The normalized spacial score (nSPS) is 21.3. The minimum Gasteiger partial charge on any atom is -0.391 e. The maximum atomic E-state index is 13.1. The predicted octanol–water partition coefficient (Wildman–Crippen LogP) is 3.18. The molecule has 0 aliphatic carbocycles. The Morgan fingerprint density at radius 1 is 1.25 bits per heavy atom. The second-order valence-corrected chi connectivity index (χ2v) is 6.90. The van der Waals surface area contributed by atoms with Gasteiger partial charge in [0.1, 0.15) is 5.82 Å². The molecule has 134 valence electrons. The summed E-state index contributed by atoms with van der Waals surface area (Å²) >= 11 is 0. The van der Waals surface area contributed by atoms with Gasteiger partial charge in [0, 0.05) is 6.54 Å². The second kappa shape index (κ2) is 8.08. The molecule has 24 heavy (non-hydrogen) atoms. The van der Waals surface area contributed by atoms with E-state index in [1.165, 1.54) is 12.1 Å². The first-order valence-corrected chi connectivity index (χ1v) is 8.84. The molecule has 2 atom stereocenters. The molecule has 0 saturated carbocycles. The number of nitrogens with zero attached hydrogens (tertiary/aromatic N) is 1. The van der Waals surface area contributed by atoms with Gasteiger partial charge >= 0.3 is 0 Å². The fraction of sp³-hybridized carbons (Fsp3) is 0.632. The van der Waals surface area contributed by atoms with Crippen molar-refractivity contribution < 1.29 is 19.4 Å². The van der Waals surface area contributed by atoms with Crippen LogP contribution in [-0.4, -0.2) is 39.3 Å². The summed E-state index contributed by atoms with van der Waals surface area (Å²) in [6, 6.07) is 5.78. The lowest BCUT2D eigenvalue weighted by molar-refractivity contribution is -0.138. The molecule has 0 radical (unpaired) electrons. The van der Waals surface area contributed by atoms with E-state index in [1.54, 1.807) is 17.0 Å². The molecular weight excluding hydrogens is 309 g/mol. The van der Waals surface area contributed by atoms with Gasteiger partial charge in [0.15, 0.2) is 0 Å². The number of rotatable bonds is 7. The minimum atomic E-state index is -0.985. The number of aliphatic hydroxyl groups excluding tert-OH is 1. The largest absolute Gasteiger partial charge is 0.391 e. The van der Waals surface area contributed by atoms with Gasteiger partial charge in [0.2, 0.25) is 5.91 Å². The molecule has 1 aromatic carbocycles. The third-order valence-corrected chi connectivity index (χ3v) is 4.77. The second-order valence-electron chi connectivity index (χ2n) is 6.90. The van der Waals surface area contributed by atoms with E-state index < -0.39 is 11.7 Å². The molecule has 4 nitrogen and oxygen atoms in total. The summed E-state index contributed by atoms with van der Waals surface area (Å²) in [5, 5.41) is 20.8. The van der Waals surface area contributed by atoms with E-state index in [4.69, 9.17) is 0 Å². The van der Waals surface area contributed by atoms with E-state index >= 15 is 0 Å². The van der Waals surface area contributed by atoms with Crippen LogP contribution in [0.25, 0.3) is 0 Å². The molecule has 2 N–H and O–H groups in total. The van der Waals surface area contributed by atoms with Gasteiger partial charge in [0.05, 0.1) is 24.2 Å².